The van der Waals surface area contributed by atoms with Crippen molar-refractivity contribution in [2.24, 2.45) is 11.8 Å². The second kappa shape index (κ2) is 20.5. The fourth-order valence-electron chi connectivity index (χ4n) is 7.38. The topological polar surface area (TPSA) is 101 Å². The van der Waals surface area contributed by atoms with E-state index in [2.05, 4.69) is 45.5 Å². The zero-order valence-electron chi connectivity index (χ0n) is 31.0. The third-order valence-corrected chi connectivity index (χ3v) is 10.6. The molecular formula is C45H56N4O4. The van der Waals surface area contributed by atoms with Crippen molar-refractivity contribution >= 4 is 23.6 Å². The minimum absolute atomic E-state index is 0.217. The van der Waals surface area contributed by atoms with Crippen LogP contribution in [0.3, 0.4) is 0 Å². The van der Waals surface area contributed by atoms with Crippen molar-refractivity contribution in [2.75, 3.05) is 23.7 Å². The monoisotopic (exact) mass is 716 g/mol. The Morgan fingerprint density at radius 1 is 0.453 bits per heavy atom. The lowest BCUT2D eigenvalue weighted by Gasteiger charge is -2.21. The molecule has 0 saturated heterocycles. The molecule has 0 aliphatic heterocycles. The summed E-state index contributed by atoms with van der Waals surface area (Å²) in [5.74, 6) is 1.63. The highest BCUT2D eigenvalue weighted by Gasteiger charge is 2.14. The summed E-state index contributed by atoms with van der Waals surface area (Å²) in [6, 6.07) is 31.9. The van der Waals surface area contributed by atoms with Gasteiger partial charge in [-0.05, 0) is 115 Å². The molecule has 53 heavy (non-hydrogen) atoms. The van der Waals surface area contributed by atoms with Gasteiger partial charge in [0.25, 0.3) is 0 Å². The van der Waals surface area contributed by atoms with Gasteiger partial charge in [0.15, 0.2) is 0 Å². The second-order valence-corrected chi connectivity index (χ2v) is 14.9. The molecule has 4 aromatic carbocycles. The maximum atomic E-state index is 12.4. The molecule has 6 rings (SSSR count). The van der Waals surface area contributed by atoms with Crippen LogP contribution in [-0.2, 0) is 42.2 Å². The summed E-state index contributed by atoms with van der Waals surface area (Å²) in [4.78, 5) is 24.9. The van der Waals surface area contributed by atoms with Gasteiger partial charge in [-0.25, -0.2) is 9.59 Å². The van der Waals surface area contributed by atoms with E-state index in [1.165, 1.54) is 75.3 Å². The second-order valence-electron chi connectivity index (χ2n) is 14.9. The number of amides is 2. The predicted molar refractivity (Wildman–Crippen MR) is 213 cm³/mol. The predicted octanol–water partition coefficient (Wildman–Crippen LogP) is 10.1. The molecule has 8 nitrogen and oxygen atoms in total. The summed E-state index contributed by atoms with van der Waals surface area (Å²) < 4.78 is 10.9. The van der Waals surface area contributed by atoms with Crippen LogP contribution in [0.4, 0.5) is 21.0 Å². The Balaban J connectivity index is 0.845. The van der Waals surface area contributed by atoms with Gasteiger partial charge in [-0.3, -0.25) is 10.6 Å². The Bertz CT molecular complexity index is 1550. The van der Waals surface area contributed by atoms with Crippen LogP contribution in [0.5, 0.6) is 0 Å². The average molecular weight is 717 g/mol. The molecule has 0 radical (unpaired) electrons. The van der Waals surface area contributed by atoms with Crippen molar-refractivity contribution in [2.45, 2.75) is 96.9 Å². The summed E-state index contributed by atoms with van der Waals surface area (Å²) in [5, 5.41) is 12.8. The number of benzene rings is 4. The summed E-state index contributed by atoms with van der Waals surface area (Å²) in [5.41, 5.74) is 7.94. The number of ether oxygens (including phenoxy) is 2. The number of carbonyl (C=O) groups is 2. The molecule has 0 unspecified atom stereocenters. The van der Waals surface area contributed by atoms with Crippen LogP contribution in [0, 0.1) is 11.8 Å². The Morgan fingerprint density at radius 2 is 0.792 bits per heavy atom. The summed E-state index contributed by atoms with van der Waals surface area (Å²) in [6.45, 7) is 4.34. The molecule has 2 amide bonds. The van der Waals surface area contributed by atoms with Gasteiger partial charge in [0, 0.05) is 24.5 Å². The first-order valence-electron chi connectivity index (χ1n) is 19.7. The molecule has 4 N–H and O–H groups in total. The molecule has 2 fully saturated rings. The molecule has 8 heteroatoms. The Morgan fingerprint density at radius 3 is 1.17 bits per heavy atom. The van der Waals surface area contributed by atoms with E-state index < -0.39 is 12.2 Å². The first-order chi connectivity index (χ1) is 26.0. The van der Waals surface area contributed by atoms with E-state index in [1.54, 1.807) is 0 Å². The maximum Gasteiger partial charge on any atom is 0.411 e. The number of rotatable bonds is 16. The standard InChI is InChI=1S/C45H56N4O4/c50-44(52-32-40-15-11-38(12-16-40)30-46-28-36-7-3-1-4-8-36)48-42-23-19-34(20-24-42)27-35-21-25-43(26-22-35)49-45(51)53-33-41-17-13-39(14-18-41)31-47-29-37-9-5-2-6-10-37/h11-26,36-37,46-47H,1-10,27-33H2,(H,48,50)(H,49,51). The van der Waals surface area contributed by atoms with E-state index in [1.807, 2.05) is 72.8 Å². The first-order valence-corrected chi connectivity index (χ1v) is 19.7. The maximum absolute atomic E-state index is 12.4. The van der Waals surface area contributed by atoms with Gasteiger partial charge < -0.3 is 20.1 Å². The minimum Gasteiger partial charge on any atom is -0.444 e. The minimum atomic E-state index is -0.483. The van der Waals surface area contributed by atoms with Gasteiger partial charge in [-0.15, -0.1) is 0 Å². The highest BCUT2D eigenvalue weighted by atomic mass is 16.6. The van der Waals surface area contributed by atoms with Crippen LogP contribution in [-0.4, -0.2) is 25.3 Å². The van der Waals surface area contributed by atoms with Crippen molar-refractivity contribution in [1.82, 2.24) is 10.6 Å². The average Bonchev–Trinajstić information content (AvgIpc) is 3.20. The van der Waals surface area contributed by atoms with E-state index in [0.29, 0.717) is 17.8 Å². The normalized spacial score (nSPS) is 15.1. The van der Waals surface area contributed by atoms with Gasteiger partial charge in [0.1, 0.15) is 13.2 Å². The molecule has 0 bridgehead atoms. The highest BCUT2D eigenvalue weighted by molar-refractivity contribution is 5.85. The molecule has 0 heterocycles. The van der Waals surface area contributed by atoms with E-state index in [-0.39, 0.29) is 13.2 Å². The van der Waals surface area contributed by atoms with Crippen molar-refractivity contribution in [3.63, 3.8) is 0 Å². The fourth-order valence-corrected chi connectivity index (χ4v) is 7.38. The molecule has 0 spiro atoms. The van der Waals surface area contributed by atoms with Crippen molar-refractivity contribution < 1.29 is 19.1 Å². The lowest BCUT2D eigenvalue weighted by atomic mass is 9.89. The smallest absolute Gasteiger partial charge is 0.411 e. The summed E-state index contributed by atoms with van der Waals surface area (Å²) in [6.07, 6.45) is 13.4. The SMILES string of the molecule is O=C(Nc1ccc(Cc2ccc(NC(=O)OCc3ccc(CNCC4CCCCC4)cc3)cc2)cc1)OCc1ccc(CNCC2CCCCC2)cc1. The number of anilines is 2. The largest absolute Gasteiger partial charge is 0.444 e. The number of carbonyl (C=O) groups excluding carboxylic acids is 2. The van der Waals surface area contributed by atoms with E-state index in [9.17, 15) is 9.59 Å². The van der Waals surface area contributed by atoms with Crippen molar-refractivity contribution in [3.8, 4) is 0 Å². The quantitative estimate of drug-likeness (QED) is 0.0921. The lowest BCUT2D eigenvalue weighted by molar-refractivity contribution is 0.154. The molecule has 0 atom stereocenters. The van der Waals surface area contributed by atoms with Crippen LogP contribution in [0.25, 0.3) is 0 Å². The molecule has 2 aliphatic rings. The van der Waals surface area contributed by atoms with Crippen LogP contribution in [0.1, 0.15) is 97.6 Å². The highest BCUT2D eigenvalue weighted by Crippen LogP contribution is 2.24. The van der Waals surface area contributed by atoms with E-state index >= 15 is 0 Å². The Kier molecular flexibility index (Phi) is 14.8. The van der Waals surface area contributed by atoms with Crippen LogP contribution >= 0.6 is 0 Å². The molecule has 280 valence electrons. The Hall–Kier alpha value is -4.66. The van der Waals surface area contributed by atoms with Crippen LogP contribution in [0.2, 0.25) is 0 Å². The van der Waals surface area contributed by atoms with Gasteiger partial charge in [-0.2, -0.15) is 0 Å². The van der Waals surface area contributed by atoms with Crippen LogP contribution in [0.15, 0.2) is 97.1 Å². The fraction of sp³-hybridized carbons (Fsp3) is 0.422. The van der Waals surface area contributed by atoms with Gasteiger partial charge in [0.05, 0.1) is 0 Å². The van der Waals surface area contributed by atoms with Gasteiger partial charge in [-0.1, -0.05) is 111 Å². The zero-order chi connectivity index (χ0) is 36.5. The summed E-state index contributed by atoms with van der Waals surface area (Å²) >= 11 is 0. The first kappa shape index (κ1) is 38.1. The van der Waals surface area contributed by atoms with E-state index in [0.717, 1.165) is 60.3 Å². The summed E-state index contributed by atoms with van der Waals surface area (Å²) in [7, 11) is 0. The van der Waals surface area contributed by atoms with Gasteiger partial charge in [0.2, 0.25) is 0 Å². The van der Waals surface area contributed by atoms with Crippen molar-refractivity contribution in [3.05, 3.63) is 130 Å². The molecule has 4 aromatic rings. The molecule has 2 aliphatic carbocycles. The van der Waals surface area contributed by atoms with Crippen molar-refractivity contribution in [1.29, 1.82) is 0 Å². The number of nitrogens with one attached hydrogen (secondary N) is 4. The van der Waals surface area contributed by atoms with Crippen LogP contribution < -0.4 is 21.3 Å². The van der Waals surface area contributed by atoms with Gasteiger partial charge >= 0.3 is 12.2 Å². The number of hydrogen-bond donors (Lipinski definition) is 4. The lowest BCUT2D eigenvalue weighted by Crippen LogP contribution is -2.24. The molecule has 0 aromatic heterocycles. The third-order valence-electron chi connectivity index (χ3n) is 10.6. The third kappa shape index (κ3) is 13.4. The molecule has 2 saturated carbocycles. The number of hydrogen-bond acceptors (Lipinski definition) is 6. The zero-order valence-corrected chi connectivity index (χ0v) is 31.0. The van der Waals surface area contributed by atoms with E-state index in [4.69, 9.17) is 9.47 Å². The Labute approximate surface area is 315 Å². The molecular weight excluding hydrogens is 661 g/mol.